The number of hydrogen-bond acceptors (Lipinski definition) is 4. The number of allylic oxidation sites excluding steroid dienone is 4. The van der Waals surface area contributed by atoms with Gasteiger partial charge in [-0.05, 0) is 31.8 Å². The molecule has 0 radical (unpaired) electrons. The van der Waals surface area contributed by atoms with Crippen molar-refractivity contribution in [1.82, 2.24) is 15.5 Å². The Balaban J connectivity index is 1.75. The van der Waals surface area contributed by atoms with E-state index in [0.717, 1.165) is 12.0 Å². The SMILES string of the molecule is CCC1CC=C(c2ncno2)C=C1NC1CCCCC1. The zero-order valence-electron chi connectivity index (χ0n) is 12.1. The third-order valence-corrected chi connectivity index (χ3v) is 4.45. The maximum Gasteiger partial charge on any atom is 0.257 e. The fourth-order valence-corrected chi connectivity index (χ4v) is 3.22. The van der Waals surface area contributed by atoms with Crippen LogP contribution in [0, 0.1) is 5.92 Å². The van der Waals surface area contributed by atoms with Gasteiger partial charge in [0.05, 0.1) is 0 Å². The topological polar surface area (TPSA) is 51.0 Å². The lowest BCUT2D eigenvalue weighted by molar-refractivity contribution is 0.375. The van der Waals surface area contributed by atoms with Gasteiger partial charge >= 0.3 is 0 Å². The van der Waals surface area contributed by atoms with Gasteiger partial charge in [-0.25, -0.2) is 0 Å². The van der Waals surface area contributed by atoms with Crippen molar-refractivity contribution in [2.75, 3.05) is 0 Å². The Labute approximate surface area is 120 Å². The van der Waals surface area contributed by atoms with Crippen LogP contribution in [0.5, 0.6) is 0 Å². The summed E-state index contributed by atoms with van der Waals surface area (Å²) in [7, 11) is 0. The van der Waals surface area contributed by atoms with Gasteiger partial charge in [0.2, 0.25) is 0 Å². The van der Waals surface area contributed by atoms with Crippen LogP contribution in [0.3, 0.4) is 0 Å². The third kappa shape index (κ3) is 2.94. The van der Waals surface area contributed by atoms with Gasteiger partial charge < -0.3 is 9.84 Å². The normalized spacial score (nSPS) is 24.1. The molecule has 2 aliphatic rings. The molecule has 108 valence electrons. The molecule has 0 aromatic carbocycles. The van der Waals surface area contributed by atoms with Gasteiger partial charge in [0.25, 0.3) is 5.89 Å². The average Bonchev–Trinajstić information content (AvgIpc) is 3.02. The number of aromatic nitrogens is 2. The second-order valence-electron chi connectivity index (χ2n) is 5.83. The van der Waals surface area contributed by atoms with Gasteiger partial charge in [-0.15, -0.1) is 0 Å². The molecule has 4 heteroatoms. The fraction of sp³-hybridized carbons (Fsp3) is 0.625. The molecule has 20 heavy (non-hydrogen) atoms. The van der Waals surface area contributed by atoms with Crippen LogP contribution in [0.15, 0.2) is 28.7 Å². The Morgan fingerprint density at radius 1 is 1.30 bits per heavy atom. The summed E-state index contributed by atoms with van der Waals surface area (Å²) in [5.74, 6) is 1.23. The lowest BCUT2D eigenvalue weighted by Crippen LogP contribution is -2.33. The molecule has 2 aliphatic carbocycles. The highest BCUT2D eigenvalue weighted by molar-refractivity contribution is 5.70. The van der Waals surface area contributed by atoms with Crippen molar-refractivity contribution in [1.29, 1.82) is 0 Å². The van der Waals surface area contributed by atoms with E-state index in [0.29, 0.717) is 17.9 Å². The Bertz CT molecular complexity index is 484. The van der Waals surface area contributed by atoms with Crippen molar-refractivity contribution < 1.29 is 4.52 Å². The van der Waals surface area contributed by atoms with E-state index < -0.39 is 0 Å². The van der Waals surface area contributed by atoms with Gasteiger partial charge in [0.1, 0.15) is 0 Å². The van der Waals surface area contributed by atoms with E-state index in [4.69, 9.17) is 4.52 Å². The monoisotopic (exact) mass is 273 g/mol. The van der Waals surface area contributed by atoms with Crippen molar-refractivity contribution in [3.8, 4) is 0 Å². The van der Waals surface area contributed by atoms with Crippen LogP contribution < -0.4 is 5.32 Å². The van der Waals surface area contributed by atoms with Crippen LogP contribution in [0.2, 0.25) is 0 Å². The van der Waals surface area contributed by atoms with Crippen molar-refractivity contribution in [3.05, 3.63) is 30.1 Å². The predicted octanol–water partition coefficient (Wildman–Crippen LogP) is 3.69. The highest BCUT2D eigenvalue weighted by Gasteiger charge is 2.22. The van der Waals surface area contributed by atoms with E-state index in [1.54, 1.807) is 0 Å². The van der Waals surface area contributed by atoms with E-state index >= 15 is 0 Å². The molecule has 0 bridgehead atoms. The molecule has 0 saturated heterocycles. The highest BCUT2D eigenvalue weighted by atomic mass is 16.5. The van der Waals surface area contributed by atoms with Gasteiger partial charge in [-0.3, -0.25) is 0 Å². The summed E-state index contributed by atoms with van der Waals surface area (Å²) in [5, 5.41) is 7.48. The van der Waals surface area contributed by atoms with E-state index in [2.05, 4.69) is 34.5 Å². The first-order chi connectivity index (χ1) is 9.86. The van der Waals surface area contributed by atoms with Crippen LogP contribution in [-0.4, -0.2) is 16.2 Å². The molecular weight excluding hydrogens is 250 g/mol. The van der Waals surface area contributed by atoms with Gasteiger partial charge in [-0.2, -0.15) is 4.98 Å². The molecule has 1 aromatic rings. The molecular formula is C16H23N3O. The van der Waals surface area contributed by atoms with Gasteiger partial charge in [0.15, 0.2) is 6.33 Å². The van der Waals surface area contributed by atoms with E-state index in [1.165, 1.54) is 50.5 Å². The van der Waals surface area contributed by atoms with Gasteiger partial charge in [0, 0.05) is 23.2 Å². The van der Waals surface area contributed by atoms with Crippen LogP contribution in [0.25, 0.3) is 5.57 Å². The van der Waals surface area contributed by atoms with E-state index in [1.807, 2.05) is 0 Å². The minimum absolute atomic E-state index is 0.601. The lowest BCUT2D eigenvalue weighted by atomic mass is 9.88. The summed E-state index contributed by atoms with van der Waals surface area (Å²) in [6.07, 6.45) is 14.8. The zero-order valence-corrected chi connectivity index (χ0v) is 12.1. The average molecular weight is 273 g/mol. The summed E-state index contributed by atoms with van der Waals surface area (Å²) < 4.78 is 5.18. The van der Waals surface area contributed by atoms with Crippen molar-refractivity contribution in [2.24, 2.45) is 5.92 Å². The Kier molecular flexibility index (Phi) is 4.19. The first kappa shape index (κ1) is 13.4. The summed E-state index contributed by atoms with van der Waals surface area (Å²) in [4.78, 5) is 4.15. The van der Waals surface area contributed by atoms with Crippen LogP contribution in [0.1, 0.15) is 57.8 Å². The van der Waals surface area contributed by atoms with Crippen LogP contribution in [0.4, 0.5) is 0 Å². The zero-order chi connectivity index (χ0) is 13.8. The molecule has 1 N–H and O–H groups in total. The molecule has 0 amide bonds. The summed E-state index contributed by atoms with van der Waals surface area (Å²) >= 11 is 0. The molecule has 1 saturated carbocycles. The molecule has 1 aromatic heterocycles. The predicted molar refractivity (Wildman–Crippen MR) is 78.8 cm³/mol. The highest BCUT2D eigenvalue weighted by Crippen LogP contribution is 2.30. The Morgan fingerprint density at radius 3 is 2.85 bits per heavy atom. The molecule has 1 heterocycles. The third-order valence-electron chi connectivity index (χ3n) is 4.45. The van der Waals surface area contributed by atoms with Gasteiger partial charge in [-0.1, -0.05) is 37.4 Å². The van der Waals surface area contributed by atoms with Crippen molar-refractivity contribution in [3.63, 3.8) is 0 Å². The quantitative estimate of drug-likeness (QED) is 0.909. The molecule has 3 rings (SSSR count). The van der Waals surface area contributed by atoms with Crippen molar-refractivity contribution >= 4 is 5.57 Å². The number of nitrogens with zero attached hydrogens (tertiary/aromatic N) is 2. The minimum atomic E-state index is 0.601. The number of nitrogens with one attached hydrogen (secondary N) is 1. The molecule has 1 atom stereocenters. The molecule has 0 spiro atoms. The lowest BCUT2D eigenvalue weighted by Gasteiger charge is -2.30. The van der Waals surface area contributed by atoms with E-state index in [9.17, 15) is 0 Å². The maximum absolute atomic E-state index is 5.18. The minimum Gasteiger partial charge on any atom is -0.385 e. The standard InChI is InChI=1S/C16H23N3O/c1-2-12-8-9-13(16-17-11-18-20-16)10-15(12)19-14-6-4-3-5-7-14/h9-12,14,19H,2-8H2,1H3. The van der Waals surface area contributed by atoms with E-state index in [-0.39, 0.29) is 0 Å². The fourth-order valence-electron chi connectivity index (χ4n) is 3.22. The van der Waals surface area contributed by atoms with Crippen LogP contribution >= 0.6 is 0 Å². The summed E-state index contributed by atoms with van der Waals surface area (Å²) in [6, 6.07) is 0.645. The summed E-state index contributed by atoms with van der Waals surface area (Å²) in [5.41, 5.74) is 2.42. The second-order valence-corrected chi connectivity index (χ2v) is 5.83. The molecule has 4 nitrogen and oxygen atoms in total. The van der Waals surface area contributed by atoms with Crippen molar-refractivity contribution in [2.45, 2.75) is 57.9 Å². The number of rotatable bonds is 4. The summed E-state index contributed by atoms with van der Waals surface area (Å²) in [6.45, 7) is 2.26. The first-order valence-corrected chi connectivity index (χ1v) is 7.82. The van der Waals surface area contributed by atoms with Crippen LogP contribution in [-0.2, 0) is 0 Å². The maximum atomic E-state index is 5.18. The Hall–Kier alpha value is -1.58. The molecule has 1 fully saturated rings. The first-order valence-electron chi connectivity index (χ1n) is 7.82. The molecule has 0 aliphatic heterocycles. The number of hydrogen-bond donors (Lipinski definition) is 1. The molecule has 1 unspecified atom stereocenters. The largest absolute Gasteiger partial charge is 0.385 e. The second kappa shape index (κ2) is 6.25. The Morgan fingerprint density at radius 2 is 2.15 bits per heavy atom. The smallest absolute Gasteiger partial charge is 0.257 e.